The molecule has 0 aliphatic carbocycles. The molecule has 5 nitrogen and oxygen atoms in total. The van der Waals surface area contributed by atoms with Crippen molar-refractivity contribution in [3.8, 4) is 17.1 Å². The smallest absolute Gasteiger partial charge is 0.277 e. The highest BCUT2D eigenvalue weighted by Crippen LogP contribution is 2.29. The predicted molar refractivity (Wildman–Crippen MR) is 122 cm³/mol. The van der Waals surface area contributed by atoms with Crippen molar-refractivity contribution in [3.05, 3.63) is 81.6 Å². The first kappa shape index (κ1) is 20.6. The number of carbonyl (C=O) groups excluding carboxylic acids is 1. The molecule has 4 aromatic rings. The molecule has 0 unspecified atom stereocenters. The fourth-order valence-corrected chi connectivity index (χ4v) is 4.45. The van der Waals surface area contributed by atoms with E-state index < -0.39 is 0 Å². The van der Waals surface area contributed by atoms with Crippen LogP contribution in [-0.2, 0) is 0 Å². The molecule has 0 fully saturated rings. The molecule has 0 aliphatic rings. The summed E-state index contributed by atoms with van der Waals surface area (Å²) in [4.78, 5) is 12.9. The van der Waals surface area contributed by atoms with Crippen LogP contribution in [0.2, 0.25) is 0 Å². The summed E-state index contributed by atoms with van der Waals surface area (Å²) in [7, 11) is 0. The van der Waals surface area contributed by atoms with Gasteiger partial charge in [0.2, 0.25) is 5.89 Å². The third kappa shape index (κ3) is 4.13. The van der Waals surface area contributed by atoms with E-state index in [2.05, 4.69) is 61.9 Å². The van der Waals surface area contributed by atoms with Crippen LogP contribution in [0.25, 0.3) is 17.1 Å². The minimum atomic E-state index is 0.0344. The van der Waals surface area contributed by atoms with E-state index in [1.54, 1.807) is 0 Å². The number of carbonyl (C=O) groups is 1. The first-order valence-electron chi connectivity index (χ1n) is 9.44. The number of thioether (sulfide) groups is 1. The zero-order valence-corrected chi connectivity index (χ0v) is 19.3. The Hall–Kier alpha value is -2.64. The second-order valence-corrected chi connectivity index (χ2v) is 8.80. The number of halogens is 1. The first-order chi connectivity index (χ1) is 14.4. The first-order valence-corrected chi connectivity index (χ1v) is 11.2. The molecule has 0 aliphatic heterocycles. The maximum atomic E-state index is 12.9. The van der Waals surface area contributed by atoms with Gasteiger partial charge in [0.15, 0.2) is 5.78 Å². The van der Waals surface area contributed by atoms with E-state index >= 15 is 0 Å². The normalized spacial score (nSPS) is 11.1. The number of rotatable bonds is 6. The van der Waals surface area contributed by atoms with Crippen LogP contribution in [0, 0.1) is 20.8 Å². The molecule has 0 N–H and O–H groups in total. The van der Waals surface area contributed by atoms with Gasteiger partial charge >= 0.3 is 0 Å². The third-order valence-electron chi connectivity index (χ3n) is 4.86. The second kappa shape index (κ2) is 8.62. The lowest BCUT2D eigenvalue weighted by molar-refractivity contribution is 0.102. The van der Waals surface area contributed by atoms with Gasteiger partial charge in [0, 0.05) is 27.1 Å². The molecule has 0 amide bonds. The molecule has 4 rings (SSSR count). The van der Waals surface area contributed by atoms with Crippen LogP contribution in [0.3, 0.4) is 0 Å². The highest BCUT2D eigenvalue weighted by molar-refractivity contribution is 9.10. The highest BCUT2D eigenvalue weighted by Gasteiger charge is 2.19. The molecule has 2 aromatic heterocycles. The molecule has 0 saturated carbocycles. The summed E-state index contributed by atoms with van der Waals surface area (Å²) in [6.45, 7) is 6.05. The average Bonchev–Trinajstić information content (AvgIpc) is 3.32. The predicted octanol–water partition coefficient (Wildman–Crippen LogP) is 6.19. The summed E-state index contributed by atoms with van der Waals surface area (Å²) >= 11 is 4.74. The lowest BCUT2D eigenvalue weighted by Crippen LogP contribution is -2.05. The van der Waals surface area contributed by atoms with Crippen LogP contribution >= 0.6 is 27.7 Å². The van der Waals surface area contributed by atoms with E-state index in [0.717, 1.165) is 27.1 Å². The summed E-state index contributed by atoms with van der Waals surface area (Å²) in [5.74, 6) is 0.692. The van der Waals surface area contributed by atoms with Gasteiger partial charge < -0.3 is 8.98 Å². The van der Waals surface area contributed by atoms with Crippen LogP contribution in [0.5, 0.6) is 0 Å². The summed E-state index contributed by atoms with van der Waals surface area (Å²) in [6.07, 6.45) is 0. The standard InChI is InChI=1S/C23H20BrN3O2S/c1-14-8-10-17(11-9-14)27-15(2)12-19(16(27)3)21(28)13-30-23-26-25-22(29-23)18-6-4-5-7-20(18)24/h4-12H,13H2,1-3H3. The van der Waals surface area contributed by atoms with Gasteiger partial charge in [-0.15, -0.1) is 10.2 Å². The Morgan fingerprint density at radius 3 is 2.53 bits per heavy atom. The molecule has 0 bridgehead atoms. The average molecular weight is 482 g/mol. The van der Waals surface area contributed by atoms with Crippen LogP contribution in [0.1, 0.15) is 27.3 Å². The Kier molecular flexibility index (Phi) is 5.92. The van der Waals surface area contributed by atoms with Gasteiger partial charge in [-0.3, -0.25) is 4.79 Å². The fourth-order valence-electron chi connectivity index (χ4n) is 3.35. The van der Waals surface area contributed by atoms with Gasteiger partial charge in [0.25, 0.3) is 5.22 Å². The third-order valence-corrected chi connectivity index (χ3v) is 6.37. The van der Waals surface area contributed by atoms with Crippen LogP contribution in [0.15, 0.2) is 68.7 Å². The molecule has 0 atom stereocenters. The second-order valence-electron chi connectivity index (χ2n) is 7.02. The van der Waals surface area contributed by atoms with E-state index in [1.807, 2.05) is 44.2 Å². The van der Waals surface area contributed by atoms with Gasteiger partial charge in [-0.05, 0) is 67.0 Å². The largest absolute Gasteiger partial charge is 0.411 e. The molecule has 0 spiro atoms. The zero-order valence-electron chi connectivity index (χ0n) is 16.8. The number of nitrogens with zero attached hydrogens (tertiary/aromatic N) is 3. The molecule has 30 heavy (non-hydrogen) atoms. The number of Topliss-reactive ketones (excluding diaryl/α,β-unsaturated/α-hetero) is 1. The summed E-state index contributed by atoms with van der Waals surface area (Å²) < 4.78 is 8.72. The lowest BCUT2D eigenvalue weighted by Gasteiger charge is -2.10. The maximum Gasteiger partial charge on any atom is 0.277 e. The van der Waals surface area contributed by atoms with Crippen molar-refractivity contribution in [2.45, 2.75) is 26.0 Å². The monoisotopic (exact) mass is 481 g/mol. The van der Waals surface area contributed by atoms with Crippen molar-refractivity contribution in [2.75, 3.05) is 5.75 Å². The van der Waals surface area contributed by atoms with Gasteiger partial charge in [0.05, 0.1) is 11.3 Å². The quantitative estimate of drug-likeness (QED) is 0.242. The van der Waals surface area contributed by atoms with Crippen molar-refractivity contribution < 1.29 is 9.21 Å². The van der Waals surface area contributed by atoms with E-state index in [0.29, 0.717) is 16.7 Å². The van der Waals surface area contributed by atoms with E-state index in [1.165, 1.54) is 17.3 Å². The molecule has 0 radical (unpaired) electrons. The van der Waals surface area contributed by atoms with Gasteiger partial charge in [-0.1, -0.05) is 41.6 Å². The van der Waals surface area contributed by atoms with Crippen LogP contribution in [-0.4, -0.2) is 26.3 Å². The van der Waals surface area contributed by atoms with Gasteiger partial charge in [-0.2, -0.15) is 0 Å². The Balaban J connectivity index is 1.50. The zero-order chi connectivity index (χ0) is 21.3. The molecular weight excluding hydrogens is 462 g/mol. The van der Waals surface area contributed by atoms with Gasteiger partial charge in [0.1, 0.15) is 0 Å². The number of benzene rings is 2. The Morgan fingerprint density at radius 1 is 1.07 bits per heavy atom. The minimum absolute atomic E-state index is 0.0344. The van der Waals surface area contributed by atoms with E-state index in [9.17, 15) is 4.79 Å². The van der Waals surface area contributed by atoms with Crippen LogP contribution < -0.4 is 0 Å². The highest BCUT2D eigenvalue weighted by atomic mass is 79.9. The molecule has 0 saturated heterocycles. The van der Waals surface area contributed by atoms with Crippen molar-refractivity contribution in [2.24, 2.45) is 0 Å². The number of hydrogen-bond donors (Lipinski definition) is 0. The minimum Gasteiger partial charge on any atom is -0.411 e. The van der Waals surface area contributed by atoms with Crippen molar-refractivity contribution >= 4 is 33.5 Å². The SMILES string of the molecule is Cc1ccc(-n2c(C)cc(C(=O)CSc3nnc(-c4ccccc4Br)o3)c2C)cc1. The fraction of sp³-hybridized carbons (Fsp3) is 0.174. The van der Waals surface area contributed by atoms with Crippen LogP contribution in [0.4, 0.5) is 0 Å². The topological polar surface area (TPSA) is 60.9 Å². The molecule has 2 heterocycles. The molecular formula is C23H20BrN3O2S. The number of aromatic nitrogens is 3. The Morgan fingerprint density at radius 2 is 1.80 bits per heavy atom. The van der Waals surface area contributed by atoms with E-state index in [4.69, 9.17) is 4.42 Å². The van der Waals surface area contributed by atoms with Crippen molar-refractivity contribution in [1.82, 2.24) is 14.8 Å². The van der Waals surface area contributed by atoms with Crippen molar-refractivity contribution in [3.63, 3.8) is 0 Å². The lowest BCUT2D eigenvalue weighted by atomic mass is 10.2. The number of aryl methyl sites for hydroxylation is 2. The van der Waals surface area contributed by atoms with Gasteiger partial charge in [-0.25, -0.2) is 0 Å². The summed E-state index contributed by atoms with van der Waals surface area (Å²) in [5.41, 5.74) is 5.75. The maximum absolute atomic E-state index is 12.9. The molecule has 2 aromatic carbocycles. The molecule has 152 valence electrons. The Labute approximate surface area is 187 Å². The van der Waals surface area contributed by atoms with E-state index in [-0.39, 0.29) is 11.5 Å². The number of hydrogen-bond acceptors (Lipinski definition) is 5. The summed E-state index contributed by atoms with van der Waals surface area (Å²) in [6, 6.07) is 17.9. The number of ketones is 1. The van der Waals surface area contributed by atoms with Crippen molar-refractivity contribution in [1.29, 1.82) is 0 Å². The Bertz CT molecular complexity index is 1210. The summed E-state index contributed by atoms with van der Waals surface area (Å²) in [5, 5.41) is 8.54. The molecule has 7 heteroatoms.